The van der Waals surface area contributed by atoms with Gasteiger partial charge in [-0.2, -0.15) is 13.2 Å². The van der Waals surface area contributed by atoms with Gasteiger partial charge in [0.05, 0.1) is 21.1 Å². The highest BCUT2D eigenvalue weighted by molar-refractivity contribution is 8.18. The van der Waals surface area contributed by atoms with Crippen molar-refractivity contribution < 1.29 is 41.9 Å². The van der Waals surface area contributed by atoms with Gasteiger partial charge in [-0.15, -0.1) is 0 Å². The normalized spacial score (nSPS) is 14.9. The summed E-state index contributed by atoms with van der Waals surface area (Å²) in [4.78, 5) is 49.2. The molecule has 1 aromatic heterocycles. The molecular weight excluding hydrogens is 537 g/mol. The number of nitrogens with zero attached hydrogens (tertiary/aromatic N) is 1. The molecule has 2 heterocycles. The van der Waals surface area contributed by atoms with Gasteiger partial charge in [-0.25, -0.2) is 4.79 Å². The molecule has 4 rings (SSSR count). The van der Waals surface area contributed by atoms with Crippen molar-refractivity contribution in [3.8, 4) is 11.3 Å². The van der Waals surface area contributed by atoms with Crippen molar-refractivity contribution in [1.29, 1.82) is 0 Å². The molecule has 1 fully saturated rings. The maximum Gasteiger partial charge on any atom is 0.416 e. The lowest BCUT2D eigenvalue weighted by atomic mass is 10.1. The standard InChI is InChI=1S/C24H14ClF3N2O6S/c25-17-6-4-12(8-16(17)22(33)34)18-7-5-15(36-18)10-19-21(32)30(23(35)37-19)11-20(31)29-14-3-1-2-13(9-14)24(26,27)28/h1-10H,11H2,(H,29,31)(H,33,34)/b19-10-. The van der Waals surface area contributed by atoms with Crippen LogP contribution >= 0.6 is 23.4 Å². The second-order valence-corrected chi connectivity index (χ2v) is 9.00. The van der Waals surface area contributed by atoms with Crippen molar-refractivity contribution in [2.45, 2.75) is 6.18 Å². The summed E-state index contributed by atoms with van der Waals surface area (Å²) in [5, 5.41) is 10.8. The van der Waals surface area contributed by atoms with Gasteiger partial charge in [-0.3, -0.25) is 19.3 Å². The minimum Gasteiger partial charge on any atom is -0.478 e. The second kappa shape index (κ2) is 10.1. The lowest BCUT2D eigenvalue weighted by Crippen LogP contribution is -2.36. The first-order valence-corrected chi connectivity index (χ1v) is 11.5. The number of imide groups is 1. The molecule has 0 bridgehead atoms. The summed E-state index contributed by atoms with van der Waals surface area (Å²) in [7, 11) is 0. The maximum absolute atomic E-state index is 12.9. The number of benzene rings is 2. The minimum absolute atomic E-state index is 0.0416. The number of rotatable bonds is 6. The van der Waals surface area contributed by atoms with Gasteiger partial charge in [-0.1, -0.05) is 17.7 Å². The van der Waals surface area contributed by atoms with Crippen molar-refractivity contribution in [1.82, 2.24) is 4.90 Å². The highest BCUT2D eigenvalue weighted by Gasteiger charge is 2.37. The van der Waals surface area contributed by atoms with Gasteiger partial charge in [0.1, 0.15) is 18.1 Å². The number of carboxylic acids is 1. The third-order valence-electron chi connectivity index (χ3n) is 5.03. The van der Waals surface area contributed by atoms with Gasteiger partial charge < -0.3 is 14.8 Å². The SMILES string of the molecule is O=C(CN1C(=O)S/C(=C\c2ccc(-c3ccc(Cl)c(C(=O)O)c3)o2)C1=O)Nc1cccc(C(F)(F)F)c1. The highest BCUT2D eigenvalue weighted by atomic mass is 35.5. The Morgan fingerprint density at radius 2 is 1.86 bits per heavy atom. The van der Waals surface area contributed by atoms with Gasteiger partial charge in [0.15, 0.2) is 0 Å². The largest absolute Gasteiger partial charge is 0.478 e. The lowest BCUT2D eigenvalue weighted by Gasteiger charge is -2.13. The van der Waals surface area contributed by atoms with E-state index in [1.807, 2.05) is 0 Å². The quantitative estimate of drug-likeness (QED) is 0.362. The number of hydrogen-bond acceptors (Lipinski definition) is 6. The first kappa shape index (κ1) is 26.0. The van der Waals surface area contributed by atoms with Crippen LogP contribution in [0.15, 0.2) is 63.9 Å². The Labute approximate surface area is 215 Å². The van der Waals surface area contributed by atoms with Crippen molar-refractivity contribution in [2.75, 3.05) is 11.9 Å². The van der Waals surface area contributed by atoms with Crippen molar-refractivity contribution in [3.05, 3.63) is 81.4 Å². The van der Waals surface area contributed by atoms with Gasteiger partial charge in [0.2, 0.25) is 5.91 Å². The molecule has 3 aromatic rings. The fraction of sp³-hybridized carbons (Fsp3) is 0.0833. The molecule has 1 aliphatic heterocycles. The van der Waals surface area contributed by atoms with E-state index in [4.69, 9.17) is 16.0 Å². The molecule has 0 aliphatic carbocycles. The summed E-state index contributed by atoms with van der Waals surface area (Å²) < 4.78 is 44.2. The van der Waals surface area contributed by atoms with E-state index in [9.17, 15) is 37.5 Å². The van der Waals surface area contributed by atoms with E-state index in [-0.39, 0.29) is 32.7 Å². The van der Waals surface area contributed by atoms with Crippen LogP contribution in [0.1, 0.15) is 21.7 Å². The summed E-state index contributed by atoms with van der Waals surface area (Å²) in [6, 6.07) is 11.2. The third kappa shape index (κ3) is 5.87. The van der Waals surface area contributed by atoms with Crippen molar-refractivity contribution in [2.24, 2.45) is 0 Å². The Kier molecular flexibility index (Phi) is 7.14. The minimum atomic E-state index is -4.60. The van der Waals surface area contributed by atoms with Crippen LogP contribution in [-0.4, -0.2) is 39.6 Å². The predicted molar refractivity (Wildman–Crippen MR) is 129 cm³/mol. The zero-order valence-corrected chi connectivity index (χ0v) is 19.9. The average molecular weight is 551 g/mol. The molecule has 3 amide bonds. The molecule has 0 unspecified atom stereocenters. The van der Waals surface area contributed by atoms with Crippen LogP contribution in [0.5, 0.6) is 0 Å². The van der Waals surface area contributed by atoms with E-state index in [1.54, 1.807) is 6.07 Å². The van der Waals surface area contributed by atoms with Crippen LogP contribution in [0.25, 0.3) is 17.4 Å². The summed E-state index contributed by atoms with van der Waals surface area (Å²) in [6.45, 7) is -0.704. The molecule has 13 heteroatoms. The smallest absolute Gasteiger partial charge is 0.416 e. The molecule has 2 aromatic carbocycles. The molecule has 8 nitrogen and oxygen atoms in total. The van der Waals surface area contributed by atoms with Crippen LogP contribution in [0.3, 0.4) is 0 Å². The molecule has 1 saturated heterocycles. The monoisotopic (exact) mass is 550 g/mol. The number of carbonyl (C=O) groups is 4. The van der Waals surface area contributed by atoms with Crippen LogP contribution in [0.2, 0.25) is 5.02 Å². The summed E-state index contributed by atoms with van der Waals surface area (Å²) in [5.41, 5.74) is -0.809. The maximum atomic E-state index is 12.9. The number of furan rings is 1. The average Bonchev–Trinajstić information content (AvgIpc) is 3.39. The molecule has 0 atom stereocenters. The fourth-order valence-corrected chi connectivity index (χ4v) is 4.33. The van der Waals surface area contributed by atoms with E-state index in [0.29, 0.717) is 22.2 Å². The number of nitrogens with one attached hydrogen (secondary N) is 1. The molecule has 0 spiro atoms. The predicted octanol–water partition coefficient (Wildman–Crippen LogP) is 5.99. The molecular formula is C24H14ClF3N2O6S. The van der Waals surface area contributed by atoms with E-state index < -0.39 is 41.3 Å². The van der Waals surface area contributed by atoms with Gasteiger partial charge in [-0.05, 0) is 60.3 Å². The van der Waals surface area contributed by atoms with E-state index in [0.717, 1.165) is 18.2 Å². The zero-order valence-electron chi connectivity index (χ0n) is 18.3. The molecule has 0 radical (unpaired) electrons. The Balaban J connectivity index is 1.46. The van der Waals surface area contributed by atoms with Gasteiger partial charge in [0.25, 0.3) is 11.1 Å². The number of hydrogen-bond donors (Lipinski definition) is 2. The number of carboxylic acid groups (broad SMARTS) is 1. The number of halogens is 4. The Hall–Kier alpha value is -4.03. The number of thioether (sulfide) groups is 1. The fourth-order valence-electron chi connectivity index (χ4n) is 3.31. The summed E-state index contributed by atoms with van der Waals surface area (Å²) >= 11 is 6.43. The number of aromatic carboxylic acids is 1. The van der Waals surface area contributed by atoms with Crippen molar-refractivity contribution >= 4 is 58.1 Å². The Bertz CT molecular complexity index is 1470. The molecule has 2 N–H and O–H groups in total. The second-order valence-electron chi connectivity index (χ2n) is 7.60. The van der Waals surface area contributed by atoms with Crippen LogP contribution in [0, 0.1) is 0 Å². The number of carbonyl (C=O) groups excluding carboxylic acids is 3. The number of anilines is 1. The van der Waals surface area contributed by atoms with Gasteiger partial charge in [0, 0.05) is 17.3 Å². The highest BCUT2D eigenvalue weighted by Crippen LogP contribution is 2.34. The molecule has 1 aliphatic rings. The first-order chi connectivity index (χ1) is 17.4. The number of alkyl halides is 3. The summed E-state index contributed by atoms with van der Waals surface area (Å²) in [5.74, 6) is -2.40. The Morgan fingerprint density at radius 1 is 1.11 bits per heavy atom. The summed E-state index contributed by atoms with van der Waals surface area (Å²) in [6.07, 6.45) is -3.32. The topological polar surface area (TPSA) is 117 Å². The van der Waals surface area contributed by atoms with E-state index in [1.165, 1.54) is 36.4 Å². The number of amides is 3. The lowest BCUT2D eigenvalue weighted by molar-refractivity contribution is -0.137. The zero-order chi connectivity index (χ0) is 26.9. The van der Waals surface area contributed by atoms with Gasteiger partial charge >= 0.3 is 12.1 Å². The van der Waals surface area contributed by atoms with Crippen LogP contribution in [-0.2, 0) is 15.8 Å². The molecule has 0 saturated carbocycles. The van der Waals surface area contributed by atoms with E-state index in [2.05, 4.69) is 5.32 Å². The van der Waals surface area contributed by atoms with Crippen LogP contribution < -0.4 is 5.32 Å². The van der Waals surface area contributed by atoms with Crippen molar-refractivity contribution in [3.63, 3.8) is 0 Å². The molecule has 37 heavy (non-hydrogen) atoms. The first-order valence-electron chi connectivity index (χ1n) is 10.3. The Morgan fingerprint density at radius 3 is 2.57 bits per heavy atom. The van der Waals surface area contributed by atoms with Crippen LogP contribution in [0.4, 0.5) is 23.7 Å². The van der Waals surface area contributed by atoms with E-state index >= 15 is 0 Å². The molecule has 190 valence electrons. The third-order valence-corrected chi connectivity index (χ3v) is 6.27.